The summed E-state index contributed by atoms with van der Waals surface area (Å²) in [5.74, 6) is 0.800. The molecule has 0 heterocycles. The smallest absolute Gasteiger partial charge is 0.00383 e. The zero-order valence-corrected chi connectivity index (χ0v) is 8.22. The summed E-state index contributed by atoms with van der Waals surface area (Å²) in [6.07, 6.45) is 6.84. The number of nitrogens with one attached hydrogen (secondary N) is 1. The third kappa shape index (κ3) is 6.11. The minimum absolute atomic E-state index is 0.648. The van der Waals surface area contributed by atoms with Crippen LogP contribution in [0.3, 0.4) is 0 Å². The largest absolute Gasteiger partial charge is 0.317 e. The molecule has 0 aliphatic carbocycles. The first-order valence-corrected chi connectivity index (χ1v) is 4.49. The van der Waals surface area contributed by atoms with E-state index in [4.69, 9.17) is 0 Å². The van der Waals surface area contributed by atoms with Gasteiger partial charge in [-0.25, -0.2) is 0 Å². The molecule has 0 aliphatic rings. The van der Waals surface area contributed by atoms with Gasteiger partial charge in [-0.15, -0.1) is 0 Å². The molecular weight excluding hydrogens is 134 g/mol. The van der Waals surface area contributed by atoms with E-state index in [0.29, 0.717) is 6.04 Å². The molecule has 0 saturated heterocycles. The molecule has 2 atom stereocenters. The van der Waals surface area contributed by atoms with E-state index in [0.717, 1.165) is 5.92 Å². The van der Waals surface area contributed by atoms with Gasteiger partial charge < -0.3 is 5.32 Å². The summed E-state index contributed by atoms with van der Waals surface area (Å²) in [7, 11) is 2.02. The molecule has 0 spiro atoms. The van der Waals surface area contributed by atoms with Gasteiger partial charge in [0.2, 0.25) is 0 Å². The van der Waals surface area contributed by atoms with E-state index in [1.165, 1.54) is 12.8 Å². The summed E-state index contributed by atoms with van der Waals surface area (Å²) < 4.78 is 0. The Morgan fingerprint density at radius 3 is 2.45 bits per heavy atom. The second kappa shape index (κ2) is 6.41. The molecule has 66 valence electrons. The van der Waals surface area contributed by atoms with Crippen molar-refractivity contribution in [2.45, 2.75) is 39.7 Å². The highest BCUT2D eigenvalue weighted by molar-refractivity contribution is 4.80. The molecule has 0 fully saturated rings. The first-order chi connectivity index (χ1) is 5.20. The number of allylic oxidation sites excluding steroid dienone is 2. The Morgan fingerprint density at radius 1 is 1.36 bits per heavy atom. The van der Waals surface area contributed by atoms with Gasteiger partial charge >= 0.3 is 0 Å². The molecular formula is C10H21N. The fourth-order valence-electron chi connectivity index (χ4n) is 1.19. The minimum atomic E-state index is 0.648. The molecule has 11 heavy (non-hydrogen) atoms. The lowest BCUT2D eigenvalue weighted by molar-refractivity contribution is 0.445. The van der Waals surface area contributed by atoms with Crippen molar-refractivity contribution in [1.82, 2.24) is 5.32 Å². The van der Waals surface area contributed by atoms with Crippen molar-refractivity contribution in [1.29, 1.82) is 0 Å². The second-order valence-electron chi connectivity index (χ2n) is 3.34. The SMILES string of the molecule is C/C=C/C[C@@H](C)CC(C)NC. The topological polar surface area (TPSA) is 12.0 Å². The molecule has 0 aromatic carbocycles. The molecule has 0 saturated carbocycles. The van der Waals surface area contributed by atoms with Crippen LogP contribution >= 0.6 is 0 Å². The number of hydrogen-bond donors (Lipinski definition) is 1. The molecule has 0 radical (unpaired) electrons. The molecule has 1 heteroatoms. The molecule has 0 amide bonds. The quantitative estimate of drug-likeness (QED) is 0.602. The zero-order valence-electron chi connectivity index (χ0n) is 8.22. The first kappa shape index (κ1) is 10.7. The van der Waals surface area contributed by atoms with Gasteiger partial charge in [0.15, 0.2) is 0 Å². The molecule has 1 N–H and O–H groups in total. The van der Waals surface area contributed by atoms with Crippen molar-refractivity contribution in [3.8, 4) is 0 Å². The lowest BCUT2D eigenvalue weighted by Crippen LogP contribution is -2.23. The Labute approximate surface area is 70.9 Å². The second-order valence-corrected chi connectivity index (χ2v) is 3.34. The number of rotatable bonds is 5. The molecule has 0 rings (SSSR count). The monoisotopic (exact) mass is 155 g/mol. The van der Waals surface area contributed by atoms with E-state index in [9.17, 15) is 0 Å². The van der Waals surface area contributed by atoms with Gasteiger partial charge in [-0.2, -0.15) is 0 Å². The van der Waals surface area contributed by atoms with E-state index >= 15 is 0 Å². The lowest BCUT2D eigenvalue weighted by atomic mass is 9.99. The molecule has 1 unspecified atom stereocenters. The maximum atomic E-state index is 3.25. The Morgan fingerprint density at radius 2 is 2.00 bits per heavy atom. The van der Waals surface area contributed by atoms with Crippen LogP contribution in [0, 0.1) is 5.92 Å². The first-order valence-electron chi connectivity index (χ1n) is 4.49. The van der Waals surface area contributed by atoms with Crippen molar-refractivity contribution < 1.29 is 0 Å². The third-order valence-corrected chi connectivity index (χ3v) is 2.02. The fourth-order valence-corrected chi connectivity index (χ4v) is 1.19. The van der Waals surface area contributed by atoms with Crippen molar-refractivity contribution in [3.05, 3.63) is 12.2 Å². The van der Waals surface area contributed by atoms with Crippen LogP contribution in [-0.4, -0.2) is 13.1 Å². The summed E-state index contributed by atoms with van der Waals surface area (Å²) in [5, 5.41) is 3.25. The predicted molar refractivity (Wildman–Crippen MR) is 51.7 cm³/mol. The summed E-state index contributed by atoms with van der Waals surface area (Å²) in [5.41, 5.74) is 0. The Balaban J connectivity index is 3.42. The summed E-state index contributed by atoms with van der Waals surface area (Å²) >= 11 is 0. The van der Waals surface area contributed by atoms with Gasteiger partial charge in [0.1, 0.15) is 0 Å². The van der Waals surface area contributed by atoms with E-state index in [1.54, 1.807) is 0 Å². The highest BCUT2D eigenvalue weighted by Crippen LogP contribution is 2.10. The van der Waals surface area contributed by atoms with Crippen LogP contribution in [0.1, 0.15) is 33.6 Å². The predicted octanol–water partition coefficient (Wildman–Crippen LogP) is 2.59. The van der Waals surface area contributed by atoms with Crippen LogP contribution in [0.5, 0.6) is 0 Å². The van der Waals surface area contributed by atoms with E-state index in [1.807, 2.05) is 7.05 Å². The van der Waals surface area contributed by atoms with Gasteiger partial charge in [-0.1, -0.05) is 19.1 Å². The van der Waals surface area contributed by atoms with Crippen LogP contribution in [0.15, 0.2) is 12.2 Å². The van der Waals surface area contributed by atoms with Crippen molar-refractivity contribution in [2.75, 3.05) is 7.05 Å². The van der Waals surface area contributed by atoms with Gasteiger partial charge in [0, 0.05) is 6.04 Å². The van der Waals surface area contributed by atoms with E-state index < -0.39 is 0 Å². The van der Waals surface area contributed by atoms with Crippen molar-refractivity contribution >= 4 is 0 Å². The normalized spacial score (nSPS) is 17.1. The minimum Gasteiger partial charge on any atom is -0.317 e. The molecule has 0 aromatic rings. The maximum absolute atomic E-state index is 3.25. The zero-order chi connectivity index (χ0) is 8.69. The lowest BCUT2D eigenvalue weighted by Gasteiger charge is -2.14. The maximum Gasteiger partial charge on any atom is 0.00383 e. The highest BCUT2D eigenvalue weighted by Gasteiger charge is 2.04. The van der Waals surface area contributed by atoms with Crippen molar-refractivity contribution in [3.63, 3.8) is 0 Å². The van der Waals surface area contributed by atoms with Gasteiger partial charge in [-0.3, -0.25) is 0 Å². The summed E-state index contributed by atoms with van der Waals surface area (Å²) in [6.45, 7) is 6.61. The van der Waals surface area contributed by atoms with Gasteiger partial charge in [0.25, 0.3) is 0 Å². The Hall–Kier alpha value is -0.300. The van der Waals surface area contributed by atoms with Gasteiger partial charge in [0.05, 0.1) is 0 Å². The average Bonchev–Trinajstić information content (AvgIpc) is 2.00. The van der Waals surface area contributed by atoms with Crippen LogP contribution < -0.4 is 5.32 Å². The molecule has 0 aliphatic heterocycles. The van der Waals surface area contributed by atoms with E-state index in [2.05, 4.69) is 38.2 Å². The van der Waals surface area contributed by atoms with Gasteiger partial charge in [-0.05, 0) is 39.7 Å². The number of hydrogen-bond acceptors (Lipinski definition) is 1. The highest BCUT2D eigenvalue weighted by atomic mass is 14.8. The van der Waals surface area contributed by atoms with Crippen molar-refractivity contribution in [2.24, 2.45) is 5.92 Å². The molecule has 0 bridgehead atoms. The van der Waals surface area contributed by atoms with Crippen LogP contribution in [0.2, 0.25) is 0 Å². The van der Waals surface area contributed by atoms with Crippen LogP contribution in [0.25, 0.3) is 0 Å². The molecule has 0 aromatic heterocycles. The standard InChI is InChI=1S/C10H21N/c1-5-6-7-9(2)8-10(3)11-4/h5-6,9-11H,7-8H2,1-4H3/b6-5+/t9-,10?/m1/s1. The molecule has 1 nitrogen and oxygen atoms in total. The Bertz CT molecular complexity index is 107. The Kier molecular flexibility index (Phi) is 6.24. The fraction of sp³-hybridized carbons (Fsp3) is 0.800. The summed E-state index contributed by atoms with van der Waals surface area (Å²) in [4.78, 5) is 0. The van der Waals surface area contributed by atoms with Crippen LogP contribution in [0.4, 0.5) is 0 Å². The third-order valence-electron chi connectivity index (χ3n) is 2.02. The average molecular weight is 155 g/mol. The van der Waals surface area contributed by atoms with Crippen LogP contribution in [-0.2, 0) is 0 Å². The van der Waals surface area contributed by atoms with E-state index in [-0.39, 0.29) is 0 Å². The summed E-state index contributed by atoms with van der Waals surface area (Å²) in [6, 6.07) is 0.648.